The van der Waals surface area contributed by atoms with Crippen molar-refractivity contribution in [3.8, 4) is 0 Å². The maximum atomic E-state index is 13.0. The number of nitrogens with zero attached hydrogens (tertiary/aromatic N) is 1. The molecule has 0 fully saturated rings. The minimum absolute atomic E-state index is 0.104. The van der Waals surface area contributed by atoms with Gasteiger partial charge in [0.05, 0.1) is 16.9 Å². The molecule has 0 unspecified atom stereocenters. The lowest BCUT2D eigenvalue weighted by molar-refractivity contribution is 0.0702. The van der Waals surface area contributed by atoms with Crippen molar-refractivity contribution in [3.63, 3.8) is 0 Å². The highest BCUT2D eigenvalue weighted by atomic mass is 79.9. The summed E-state index contributed by atoms with van der Waals surface area (Å²) < 4.78 is 13.5. The van der Waals surface area contributed by atoms with E-state index in [1.165, 1.54) is 12.3 Å². The van der Waals surface area contributed by atoms with E-state index < -0.39 is 11.8 Å². The van der Waals surface area contributed by atoms with Crippen LogP contribution in [0.15, 0.2) is 22.8 Å². The SMILES string of the molecule is O=C(O)c1cnc(Nc2c(Cl)cc(F)cc2Br)s1. The highest BCUT2D eigenvalue weighted by Gasteiger charge is 2.12. The van der Waals surface area contributed by atoms with E-state index in [1.54, 1.807) is 0 Å². The summed E-state index contributed by atoms with van der Waals surface area (Å²) in [6.07, 6.45) is 1.24. The van der Waals surface area contributed by atoms with Crippen LogP contribution in [0, 0.1) is 5.82 Å². The number of aromatic carboxylic acids is 1. The van der Waals surface area contributed by atoms with Crippen molar-refractivity contribution in [3.05, 3.63) is 38.5 Å². The van der Waals surface area contributed by atoms with E-state index in [0.717, 1.165) is 17.4 Å². The van der Waals surface area contributed by atoms with Crippen LogP contribution in [-0.2, 0) is 0 Å². The zero-order chi connectivity index (χ0) is 13.3. The molecule has 18 heavy (non-hydrogen) atoms. The van der Waals surface area contributed by atoms with Gasteiger partial charge in [0, 0.05) is 4.47 Å². The van der Waals surface area contributed by atoms with E-state index in [2.05, 4.69) is 26.2 Å². The Labute approximate surface area is 119 Å². The number of carboxylic acid groups (broad SMARTS) is 1. The Hall–Kier alpha value is -1.18. The number of rotatable bonds is 3. The number of carbonyl (C=O) groups is 1. The first kappa shape index (κ1) is 13.3. The molecule has 0 saturated heterocycles. The summed E-state index contributed by atoms with van der Waals surface area (Å²) in [5.74, 6) is -1.52. The second kappa shape index (κ2) is 5.21. The first-order valence-electron chi connectivity index (χ1n) is 4.58. The van der Waals surface area contributed by atoms with E-state index >= 15 is 0 Å². The molecule has 8 heteroatoms. The summed E-state index contributed by atoms with van der Waals surface area (Å²) in [4.78, 5) is 14.7. The average Bonchev–Trinajstić information content (AvgIpc) is 2.71. The van der Waals surface area contributed by atoms with Gasteiger partial charge in [0.2, 0.25) is 0 Å². The lowest BCUT2D eigenvalue weighted by Crippen LogP contribution is -1.92. The van der Waals surface area contributed by atoms with Crippen LogP contribution in [0.4, 0.5) is 15.2 Å². The molecule has 94 valence electrons. The third-order valence-electron chi connectivity index (χ3n) is 1.96. The molecule has 0 spiro atoms. The van der Waals surface area contributed by atoms with Gasteiger partial charge in [-0.1, -0.05) is 22.9 Å². The van der Waals surface area contributed by atoms with Crippen LogP contribution in [0.25, 0.3) is 0 Å². The molecule has 2 rings (SSSR count). The van der Waals surface area contributed by atoms with Crippen LogP contribution < -0.4 is 5.32 Å². The first-order valence-corrected chi connectivity index (χ1v) is 6.57. The summed E-state index contributed by atoms with van der Waals surface area (Å²) in [5, 5.41) is 12.1. The predicted molar refractivity (Wildman–Crippen MR) is 71.5 cm³/mol. The van der Waals surface area contributed by atoms with Gasteiger partial charge in [-0.3, -0.25) is 0 Å². The Bertz CT molecular complexity index is 597. The number of nitrogens with one attached hydrogen (secondary N) is 1. The number of thiazole rings is 1. The van der Waals surface area contributed by atoms with Crippen molar-refractivity contribution in [1.29, 1.82) is 0 Å². The third kappa shape index (κ3) is 2.80. The van der Waals surface area contributed by atoms with Crippen LogP contribution in [0.2, 0.25) is 5.02 Å². The minimum Gasteiger partial charge on any atom is -0.477 e. The highest BCUT2D eigenvalue weighted by molar-refractivity contribution is 9.10. The summed E-state index contributed by atoms with van der Waals surface area (Å²) in [7, 11) is 0. The van der Waals surface area contributed by atoms with Crippen LogP contribution in [0.5, 0.6) is 0 Å². The van der Waals surface area contributed by atoms with Gasteiger partial charge in [0.25, 0.3) is 0 Å². The number of anilines is 2. The number of carboxylic acids is 1. The fourth-order valence-corrected chi connectivity index (χ4v) is 2.76. The Morgan fingerprint density at radius 1 is 1.56 bits per heavy atom. The molecule has 1 aromatic carbocycles. The molecule has 4 nitrogen and oxygen atoms in total. The molecule has 0 saturated carbocycles. The van der Waals surface area contributed by atoms with Gasteiger partial charge in [-0.25, -0.2) is 14.2 Å². The van der Waals surface area contributed by atoms with Crippen molar-refractivity contribution in [2.45, 2.75) is 0 Å². The van der Waals surface area contributed by atoms with Crippen molar-refractivity contribution in [1.82, 2.24) is 4.98 Å². The van der Waals surface area contributed by atoms with Crippen molar-refractivity contribution in [2.24, 2.45) is 0 Å². The predicted octanol–water partition coefficient (Wildman–Crippen LogP) is 4.14. The van der Waals surface area contributed by atoms with Gasteiger partial charge in [-0.2, -0.15) is 0 Å². The standard InChI is InChI=1S/C10H5BrClFN2O2S/c11-5-1-4(13)2-6(12)8(5)15-10-14-3-7(18-10)9(16)17/h1-3H,(H,14,15)(H,16,17). The molecule has 2 N–H and O–H groups in total. The minimum atomic E-state index is -1.05. The van der Waals surface area contributed by atoms with Gasteiger partial charge < -0.3 is 10.4 Å². The molecule has 0 bridgehead atoms. The van der Waals surface area contributed by atoms with E-state index in [9.17, 15) is 9.18 Å². The monoisotopic (exact) mass is 350 g/mol. The highest BCUT2D eigenvalue weighted by Crippen LogP contribution is 2.35. The molecule has 0 amide bonds. The smallest absolute Gasteiger partial charge is 0.347 e. The Balaban J connectivity index is 2.31. The van der Waals surface area contributed by atoms with E-state index in [0.29, 0.717) is 15.3 Å². The van der Waals surface area contributed by atoms with E-state index in [-0.39, 0.29) is 9.90 Å². The summed E-state index contributed by atoms with van der Waals surface area (Å²) in [6.45, 7) is 0. The molecule has 2 aromatic rings. The molecule has 1 aromatic heterocycles. The van der Waals surface area contributed by atoms with E-state index in [4.69, 9.17) is 16.7 Å². The second-order valence-corrected chi connectivity index (χ2v) is 5.50. The molecular formula is C10H5BrClFN2O2S. The van der Waals surface area contributed by atoms with Crippen molar-refractivity contribution < 1.29 is 14.3 Å². The third-order valence-corrected chi connectivity index (χ3v) is 3.78. The zero-order valence-electron chi connectivity index (χ0n) is 8.58. The Morgan fingerprint density at radius 2 is 2.28 bits per heavy atom. The molecular weight excluding hydrogens is 347 g/mol. The van der Waals surface area contributed by atoms with Gasteiger partial charge >= 0.3 is 5.97 Å². The van der Waals surface area contributed by atoms with Crippen LogP contribution >= 0.6 is 38.9 Å². The van der Waals surface area contributed by atoms with Crippen LogP contribution in [-0.4, -0.2) is 16.1 Å². The molecule has 1 heterocycles. The second-order valence-electron chi connectivity index (χ2n) is 3.20. The average molecular weight is 352 g/mol. The first-order chi connectivity index (χ1) is 8.47. The topological polar surface area (TPSA) is 62.2 Å². The number of hydrogen-bond donors (Lipinski definition) is 2. The lowest BCUT2D eigenvalue weighted by Gasteiger charge is -2.07. The molecule has 0 aliphatic carbocycles. The normalized spacial score (nSPS) is 10.4. The maximum absolute atomic E-state index is 13.0. The fourth-order valence-electron chi connectivity index (χ4n) is 1.20. The molecule has 0 aliphatic heterocycles. The van der Waals surface area contributed by atoms with Gasteiger partial charge in [-0.05, 0) is 28.1 Å². The Kier molecular flexibility index (Phi) is 3.84. The largest absolute Gasteiger partial charge is 0.477 e. The number of halogens is 3. The number of hydrogen-bond acceptors (Lipinski definition) is 4. The summed E-state index contributed by atoms with van der Waals surface area (Å²) in [5.41, 5.74) is 0.435. The van der Waals surface area contributed by atoms with Crippen molar-refractivity contribution >= 4 is 55.7 Å². The summed E-state index contributed by atoms with van der Waals surface area (Å²) >= 11 is 10.0. The lowest BCUT2D eigenvalue weighted by atomic mass is 10.3. The maximum Gasteiger partial charge on any atom is 0.347 e. The fraction of sp³-hybridized carbons (Fsp3) is 0. The Morgan fingerprint density at radius 3 is 2.83 bits per heavy atom. The molecule has 0 aliphatic rings. The number of benzene rings is 1. The van der Waals surface area contributed by atoms with Crippen LogP contribution in [0.1, 0.15) is 9.67 Å². The van der Waals surface area contributed by atoms with E-state index in [1.807, 2.05) is 0 Å². The number of aromatic nitrogens is 1. The van der Waals surface area contributed by atoms with Crippen LogP contribution in [0.3, 0.4) is 0 Å². The van der Waals surface area contributed by atoms with Gasteiger partial charge in [0.1, 0.15) is 10.7 Å². The van der Waals surface area contributed by atoms with Gasteiger partial charge in [0.15, 0.2) is 5.13 Å². The zero-order valence-corrected chi connectivity index (χ0v) is 11.7. The molecule has 0 radical (unpaired) electrons. The van der Waals surface area contributed by atoms with Gasteiger partial charge in [-0.15, -0.1) is 0 Å². The summed E-state index contributed by atoms with van der Waals surface area (Å²) in [6, 6.07) is 2.40. The quantitative estimate of drug-likeness (QED) is 0.872. The molecule has 0 atom stereocenters. The van der Waals surface area contributed by atoms with Crippen molar-refractivity contribution in [2.75, 3.05) is 5.32 Å².